The molecule has 2 saturated heterocycles. The van der Waals surface area contributed by atoms with Gasteiger partial charge in [-0.3, -0.25) is 19.7 Å². The van der Waals surface area contributed by atoms with Gasteiger partial charge in [-0.25, -0.2) is 4.39 Å². The van der Waals surface area contributed by atoms with Gasteiger partial charge < -0.3 is 15.5 Å². The van der Waals surface area contributed by atoms with E-state index >= 15 is 0 Å². The molecule has 0 spiro atoms. The zero-order chi connectivity index (χ0) is 18.3. The van der Waals surface area contributed by atoms with Crippen LogP contribution in [0.4, 0.5) is 4.39 Å². The van der Waals surface area contributed by atoms with E-state index in [1.165, 1.54) is 4.90 Å². The van der Waals surface area contributed by atoms with Gasteiger partial charge in [-0.05, 0) is 23.6 Å². The largest absolute Gasteiger partial charge is 0.322 e. The minimum atomic E-state index is -1.19. The topological polar surface area (TPSA) is 90.5 Å². The van der Waals surface area contributed by atoms with Crippen molar-refractivity contribution < 1.29 is 18.8 Å². The van der Waals surface area contributed by atoms with Gasteiger partial charge in [0, 0.05) is 44.7 Å². The lowest BCUT2D eigenvalue weighted by molar-refractivity contribution is -0.136. The van der Waals surface area contributed by atoms with Crippen LogP contribution in [-0.4, -0.2) is 54.0 Å². The summed E-state index contributed by atoms with van der Waals surface area (Å²) in [7, 11) is 0. The van der Waals surface area contributed by atoms with E-state index in [1.807, 2.05) is 12.1 Å². The molecule has 7 nitrogen and oxygen atoms in total. The molecule has 2 fully saturated rings. The van der Waals surface area contributed by atoms with Gasteiger partial charge in [0.25, 0.3) is 5.91 Å². The summed E-state index contributed by atoms with van der Waals surface area (Å²) in [5.74, 6) is -0.899. The van der Waals surface area contributed by atoms with E-state index < -0.39 is 17.6 Å². The van der Waals surface area contributed by atoms with Crippen molar-refractivity contribution in [2.75, 3.05) is 19.6 Å². The Labute approximate surface area is 150 Å². The zero-order valence-corrected chi connectivity index (χ0v) is 14.3. The van der Waals surface area contributed by atoms with Gasteiger partial charge in [-0.1, -0.05) is 12.1 Å². The van der Waals surface area contributed by atoms with Crippen molar-refractivity contribution in [2.45, 2.75) is 37.6 Å². The molecule has 1 atom stereocenters. The van der Waals surface area contributed by atoms with E-state index in [1.54, 1.807) is 6.07 Å². The lowest BCUT2D eigenvalue weighted by atomic mass is 9.99. The van der Waals surface area contributed by atoms with Crippen LogP contribution >= 0.6 is 0 Å². The summed E-state index contributed by atoms with van der Waals surface area (Å²) in [5, 5.41) is 8.30. The van der Waals surface area contributed by atoms with Gasteiger partial charge in [0.05, 0.1) is 0 Å². The smallest absolute Gasteiger partial charge is 0.255 e. The Balaban J connectivity index is 1.42. The number of carbonyl (C=O) groups excluding carboxylic acids is 3. The molecule has 138 valence electrons. The second kappa shape index (κ2) is 6.44. The maximum absolute atomic E-state index is 14.0. The number of piperidine rings is 1. The summed E-state index contributed by atoms with van der Waals surface area (Å²) in [6.45, 7) is 1.85. The van der Waals surface area contributed by atoms with Crippen LogP contribution in [0.5, 0.6) is 0 Å². The van der Waals surface area contributed by atoms with Crippen molar-refractivity contribution in [3.63, 3.8) is 0 Å². The Morgan fingerprint density at radius 1 is 1.27 bits per heavy atom. The second-order valence-electron chi connectivity index (χ2n) is 7.25. The predicted octanol–water partition coefficient (Wildman–Crippen LogP) is -0.151. The first-order chi connectivity index (χ1) is 12.5. The molecule has 0 aromatic heterocycles. The zero-order valence-electron chi connectivity index (χ0n) is 14.3. The predicted molar refractivity (Wildman–Crippen MR) is 90.9 cm³/mol. The standard InChI is InChI=1S/C18H21FN4O3/c19-18(9-21-10-18)8-20-6-11-1-2-12-7-23(17(26)13(12)5-11)14-3-4-15(24)22-16(14)25/h1-2,5,14,20-21H,3-4,6-10H2,(H,22,24,25). The Morgan fingerprint density at radius 3 is 2.77 bits per heavy atom. The van der Waals surface area contributed by atoms with Gasteiger partial charge in [0.15, 0.2) is 0 Å². The minimum Gasteiger partial charge on any atom is -0.322 e. The molecule has 3 aliphatic heterocycles. The highest BCUT2D eigenvalue weighted by Gasteiger charge is 2.39. The third kappa shape index (κ3) is 3.10. The molecule has 0 radical (unpaired) electrons. The fraction of sp³-hybridized carbons (Fsp3) is 0.500. The summed E-state index contributed by atoms with van der Waals surface area (Å²) in [5.41, 5.74) is 1.16. The molecule has 1 aromatic rings. The van der Waals surface area contributed by atoms with E-state index in [0.29, 0.717) is 38.2 Å². The molecule has 4 rings (SSSR count). The first-order valence-corrected chi connectivity index (χ1v) is 8.82. The fourth-order valence-corrected chi connectivity index (χ4v) is 3.66. The molecule has 3 aliphatic rings. The number of alkyl halides is 1. The molecule has 8 heteroatoms. The first-order valence-electron chi connectivity index (χ1n) is 8.82. The molecule has 3 amide bonds. The van der Waals surface area contributed by atoms with Crippen LogP contribution in [0.2, 0.25) is 0 Å². The van der Waals surface area contributed by atoms with Crippen LogP contribution in [0.1, 0.15) is 34.3 Å². The molecular formula is C18H21FN4O3. The van der Waals surface area contributed by atoms with Crippen LogP contribution in [0.3, 0.4) is 0 Å². The molecule has 0 bridgehead atoms. The van der Waals surface area contributed by atoms with Crippen molar-refractivity contribution in [2.24, 2.45) is 0 Å². The average Bonchev–Trinajstić information content (AvgIpc) is 2.90. The molecule has 3 N–H and O–H groups in total. The van der Waals surface area contributed by atoms with E-state index in [9.17, 15) is 18.8 Å². The molecule has 3 heterocycles. The summed E-state index contributed by atoms with van der Waals surface area (Å²) in [6, 6.07) is 5.00. The molecular weight excluding hydrogens is 339 g/mol. The van der Waals surface area contributed by atoms with Crippen LogP contribution in [0.15, 0.2) is 18.2 Å². The molecule has 26 heavy (non-hydrogen) atoms. The highest BCUT2D eigenvalue weighted by atomic mass is 19.1. The van der Waals surface area contributed by atoms with Gasteiger partial charge >= 0.3 is 0 Å². The average molecular weight is 360 g/mol. The number of carbonyl (C=O) groups is 3. The summed E-state index contributed by atoms with van der Waals surface area (Å²) < 4.78 is 14.0. The SMILES string of the molecule is O=C1CCC(N2Cc3ccc(CNCC4(F)CNC4)cc3C2=O)C(=O)N1. The van der Waals surface area contributed by atoms with Crippen LogP contribution < -0.4 is 16.0 Å². The van der Waals surface area contributed by atoms with Crippen molar-refractivity contribution in [3.8, 4) is 0 Å². The molecule has 1 unspecified atom stereocenters. The van der Waals surface area contributed by atoms with Gasteiger partial charge in [-0.2, -0.15) is 0 Å². The highest BCUT2D eigenvalue weighted by Crippen LogP contribution is 2.28. The summed E-state index contributed by atoms with van der Waals surface area (Å²) in [4.78, 5) is 37.6. The number of nitrogens with zero attached hydrogens (tertiary/aromatic N) is 1. The Morgan fingerprint density at radius 2 is 2.08 bits per heavy atom. The van der Waals surface area contributed by atoms with Gasteiger partial charge in [0.1, 0.15) is 11.7 Å². The maximum Gasteiger partial charge on any atom is 0.255 e. The number of hydrogen-bond acceptors (Lipinski definition) is 5. The van der Waals surface area contributed by atoms with E-state index in [-0.39, 0.29) is 24.8 Å². The lowest BCUT2D eigenvalue weighted by Crippen LogP contribution is -2.61. The Bertz CT molecular complexity index is 778. The maximum atomic E-state index is 14.0. The van der Waals surface area contributed by atoms with Crippen LogP contribution in [0, 0.1) is 0 Å². The quantitative estimate of drug-likeness (QED) is 0.636. The van der Waals surface area contributed by atoms with Crippen LogP contribution in [-0.2, 0) is 22.7 Å². The fourth-order valence-electron chi connectivity index (χ4n) is 3.66. The number of hydrogen-bond donors (Lipinski definition) is 3. The minimum absolute atomic E-state index is 0.193. The number of rotatable bonds is 5. The normalized spacial score (nSPS) is 24.3. The van der Waals surface area contributed by atoms with E-state index in [0.717, 1.165) is 11.1 Å². The number of imide groups is 1. The Hall–Kier alpha value is -2.32. The summed E-state index contributed by atoms with van der Waals surface area (Å²) >= 11 is 0. The van der Waals surface area contributed by atoms with Crippen molar-refractivity contribution in [1.29, 1.82) is 0 Å². The van der Waals surface area contributed by atoms with Crippen molar-refractivity contribution in [3.05, 3.63) is 34.9 Å². The number of benzene rings is 1. The van der Waals surface area contributed by atoms with Gasteiger partial charge in [0.2, 0.25) is 11.8 Å². The molecule has 0 saturated carbocycles. The molecule has 1 aromatic carbocycles. The number of halogens is 1. The monoisotopic (exact) mass is 360 g/mol. The van der Waals surface area contributed by atoms with Crippen molar-refractivity contribution in [1.82, 2.24) is 20.9 Å². The number of amides is 3. The highest BCUT2D eigenvalue weighted by molar-refractivity contribution is 6.05. The summed E-state index contributed by atoms with van der Waals surface area (Å²) in [6.07, 6.45) is 0.594. The van der Waals surface area contributed by atoms with Crippen LogP contribution in [0.25, 0.3) is 0 Å². The second-order valence-corrected chi connectivity index (χ2v) is 7.25. The third-order valence-electron chi connectivity index (χ3n) is 5.25. The van der Waals surface area contributed by atoms with Gasteiger partial charge in [-0.15, -0.1) is 0 Å². The van der Waals surface area contributed by atoms with E-state index in [2.05, 4.69) is 16.0 Å². The number of fused-ring (bicyclic) bond motifs is 1. The number of nitrogens with one attached hydrogen (secondary N) is 3. The van der Waals surface area contributed by atoms with Crippen molar-refractivity contribution >= 4 is 17.7 Å². The first kappa shape index (κ1) is 17.1. The lowest BCUT2D eigenvalue weighted by Gasteiger charge is -2.35. The third-order valence-corrected chi connectivity index (χ3v) is 5.25. The van der Waals surface area contributed by atoms with E-state index in [4.69, 9.17) is 0 Å². The molecule has 0 aliphatic carbocycles. The Kier molecular flexibility index (Phi) is 4.24.